The molecule has 0 radical (unpaired) electrons. The summed E-state index contributed by atoms with van der Waals surface area (Å²) in [5, 5.41) is 3.36. The predicted octanol–water partition coefficient (Wildman–Crippen LogP) is 4.60. The number of anilines is 1. The Bertz CT molecular complexity index is 636. The van der Waals surface area contributed by atoms with Gasteiger partial charge in [0.25, 0.3) is 0 Å². The van der Waals surface area contributed by atoms with Crippen molar-refractivity contribution >= 4 is 32.1 Å². The van der Waals surface area contributed by atoms with Gasteiger partial charge in [-0.15, -0.1) is 0 Å². The first kappa shape index (κ1) is 16.3. The zero-order chi connectivity index (χ0) is 15.8. The molecule has 1 N–H and O–H groups in total. The first-order valence-electron chi connectivity index (χ1n) is 7.11. The number of hydrogen-bond acceptors (Lipinski definition) is 3. The van der Waals surface area contributed by atoms with E-state index in [0.717, 1.165) is 17.8 Å². The van der Waals surface area contributed by atoms with E-state index in [1.165, 1.54) is 11.6 Å². The first-order valence-corrected chi connectivity index (χ1v) is 7.90. The third kappa shape index (κ3) is 5.04. The molecule has 0 fully saturated rings. The molecule has 2 aromatic carbocycles. The molecular formula is C18H18BrNO2. The van der Waals surface area contributed by atoms with Gasteiger partial charge in [0, 0.05) is 22.8 Å². The molecule has 2 aromatic rings. The van der Waals surface area contributed by atoms with E-state index >= 15 is 0 Å². The van der Waals surface area contributed by atoms with Gasteiger partial charge in [-0.25, -0.2) is 4.79 Å². The smallest absolute Gasteiger partial charge is 0.331 e. The minimum atomic E-state index is -0.347. The summed E-state index contributed by atoms with van der Waals surface area (Å²) in [7, 11) is 0. The van der Waals surface area contributed by atoms with Crippen LogP contribution in [-0.2, 0) is 16.1 Å². The second-order valence-electron chi connectivity index (χ2n) is 4.66. The lowest BCUT2D eigenvalue weighted by Crippen LogP contribution is -2.00. The average molecular weight is 360 g/mol. The molecule has 114 valence electrons. The number of halogens is 1. The molecule has 0 heterocycles. The molecule has 0 saturated carbocycles. The van der Waals surface area contributed by atoms with Crippen LogP contribution in [0, 0.1) is 0 Å². The molecule has 0 aromatic heterocycles. The van der Waals surface area contributed by atoms with Crippen LogP contribution in [0.4, 0.5) is 5.69 Å². The average Bonchev–Trinajstić information content (AvgIpc) is 2.54. The summed E-state index contributed by atoms with van der Waals surface area (Å²) in [6.07, 6.45) is 1.44. The van der Waals surface area contributed by atoms with Gasteiger partial charge >= 0.3 is 5.97 Å². The SMILES string of the molecule is CCOC(=O)/C=C(\Br)c1ccc(NCc2ccccc2)cc1. The highest BCUT2D eigenvalue weighted by molar-refractivity contribution is 9.15. The molecule has 22 heavy (non-hydrogen) atoms. The molecule has 0 atom stereocenters. The molecule has 2 rings (SSSR count). The summed E-state index contributed by atoms with van der Waals surface area (Å²) in [4.78, 5) is 11.4. The number of nitrogens with one attached hydrogen (secondary N) is 1. The minimum absolute atomic E-state index is 0.347. The summed E-state index contributed by atoms with van der Waals surface area (Å²) in [6.45, 7) is 2.94. The summed E-state index contributed by atoms with van der Waals surface area (Å²) in [6, 6.07) is 18.1. The molecule has 0 aliphatic carbocycles. The van der Waals surface area contributed by atoms with E-state index in [4.69, 9.17) is 4.74 Å². The van der Waals surface area contributed by atoms with Crippen molar-refractivity contribution < 1.29 is 9.53 Å². The molecule has 0 unspecified atom stereocenters. The van der Waals surface area contributed by atoms with Crippen LogP contribution in [0.25, 0.3) is 4.48 Å². The number of benzene rings is 2. The Morgan fingerprint density at radius 2 is 1.82 bits per heavy atom. The molecular weight excluding hydrogens is 342 g/mol. The van der Waals surface area contributed by atoms with Gasteiger partial charge in [-0.2, -0.15) is 0 Å². The van der Waals surface area contributed by atoms with Crippen molar-refractivity contribution in [2.75, 3.05) is 11.9 Å². The second-order valence-corrected chi connectivity index (χ2v) is 5.52. The van der Waals surface area contributed by atoms with Crippen molar-refractivity contribution in [3.63, 3.8) is 0 Å². The molecule has 0 saturated heterocycles. The Balaban J connectivity index is 1.96. The van der Waals surface area contributed by atoms with Crippen molar-refractivity contribution in [3.05, 3.63) is 71.8 Å². The maximum absolute atomic E-state index is 11.4. The lowest BCUT2D eigenvalue weighted by molar-refractivity contribution is -0.137. The monoisotopic (exact) mass is 359 g/mol. The van der Waals surface area contributed by atoms with Gasteiger partial charge in [0.1, 0.15) is 0 Å². The third-order valence-electron chi connectivity index (χ3n) is 3.03. The molecule has 4 heteroatoms. The zero-order valence-corrected chi connectivity index (χ0v) is 14.0. The number of hydrogen-bond donors (Lipinski definition) is 1. The summed E-state index contributed by atoms with van der Waals surface area (Å²) in [5.41, 5.74) is 3.19. The van der Waals surface area contributed by atoms with E-state index in [0.29, 0.717) is 11.1 Å². The van der Waals surface area contributed by atoms with Gasteiger partial charge in [0.05, 0.1) is 6.61 Å². The second kappa shape index (κ2) is 8.39. The van der Waals surface area contributed by atoms with E-state index in [1.807, 2.05) is 42.5 Å². The van der Waals surface area contributed by atoms with E-state index in [-0.39, 0.29) is 5.97 Å². The van der Waals surface area contributed by atoms with Crippen molar-refractivity contribution in [2.45, 2.75) is 13.5 Å². The molecule has 0 bridgehead atoms. The van der Waals surface area contributed by atoms with Gasteiger partial charge in [0.2, 0.25) is 0 Å². The van der Waals surface area contributed by atoms with E-state index in [9.17, 15) is 4.79 Å². The predicted molar refractivity (Wildman–Crippen MR) is 93.7 cm³/mol. The summed E-state index contributed by atoms with van der Waals surface area (Å²) >= 11 is 3.40. The summed E-state index contributed by atoms with van der Waals surface area (Å²) in [5.74, 6) is -0.347. The fraction of sp³-hybridized carbons (Fsp3) is 0.167. The highest BCUT2D eigenvalue weighted by Crippen LogP contribution is 2.23. The maximum Gasteiger partial charge on any atom is 0.331 e. The number of ether oxygens (including phenoxy) is 1. The quantitative estimate of drug-likeness (QED) is 0.605. The van der Waals surface area contributed by atoms with Crippen molar-refractivity contribution in [3.8, 4) is 0 Å². The van der Waals surface area contributed by atoms with E-state index < -0.39 is 0 Å². The highest BCUT2D eigenvalue weighted by Gasteiger charge is 2.03. The van der Waals surface area contributed by atoms with Crippen molar-refractivity contribution in [2.24, 2.45) is 0 Å². The van der Waals surface area contributed by atoms with Crippen LogP contribution in [0.1, 0.15) is 18.1 Å². The van der Waals surface area contributed by atoms with Crippen LogP contribution in [-0.4, -0.2) is 12.6 Å². The standard InChI is InChI=1S/C18H18BrNO2/c1-2-22-18(21)12-17(19)15-8-10-16(11-9-15)20-13-14-6-4-3-5-7-14/h3-12,20H,2,13H2,1H3/b17-12-. The zero-order valence-electron chi connectivity index (χ0n) is 12.4. The number of carbonyl (C=O) groups excluding carboxylic acids is 1. The fourth-order valence-corrected chi connectivity index (χ4v) is 2.37. The van der Waals surface area contributed by atoms with Crippen LogP contribution < -0.4 is 5.32 Å². The van der Waals surface area contributed by atoms with Gasteiger partial charge in [0.15, 0.2) is 0 Å². The first-order chi connectivity index (χ1) is 10.7. The van der Waals surface area contributed by atoms with Crippen LogP contribution in [0.5, 0.6) is 0 Å². The molecule has 0 amide bonds. The van der Waals surface area contributed by atoms with Gasteiger partial charge in [-0.05, 0) is 46.1 Å². The van der Waals surface area contributed by atoms with Crippen LogP contribution >= 0.6 is 15.9 Å². The molecule has 0 spiro atoms. The lowest BCUT2D eigenvalue weighted by atomic mass is 10.2. The maximum atomic E-state index is 11.4. The third-order valence-corrected chi connectivity index (χ3v) is 3.72. The van der Waals surface area contributed by atoms with Crippen molar-refractivity contribution in [1.29, 1.82) is 0 Å². The normalized spacial score (nSPS) is 11.1. The Morgan fingerprint density at radius 3 is 2.45 bits per heavy atom. The van der Waals surface area contributed by atoms with Gasteiger partial charge in [-0.3, -0.25) is 0 Å². The number of esters is 1. The van der Waals surface area contributed by atoms with Crippen LogP contribution in [0.3, 0.4) is 0 Å². The van der Waals surface area contributed by atoms with Gasteiger partial charge < -0.3 is 10.1 Å². The topological polar surface area (TPSA) is 38.3 Å². The van der Waals surface area contributed by atoms with Crippen molar-refractivity contribution in [1.82, 2.24) is 0 Å². The molecule has 0 aliphatic heterocycles. The largest absolute Gasteiger partial charge is 0.463 e. The Kier molecular flexibility index (Phi) is 6.22. The van der Waals surface area contributed by atoms with E-state index in [2.05, 4.69) is 33.4 Å². The fourth-order valence-electron chi connectivity index (χ4n) is 1.92. The Hall–Kier alpha value is -2.07. The number of rotatable bonds is 6. The molecule has 0 aliphatic rings. The minimum Gasteiger partial charge on any atom is -0.463 e. The van der Waals surface area contributed by atoms with Gasteiger partial charge in [-0.1, -0.05) is 42.5 Å². The summed E-state index contributed by atoms with van der Waals surface area (Å²) < 4.78 is 5.60. The van der Waals surface area contributed by atoms with Crippen LogP contribution in [0.15, 0.2) is 60.7 Å². The van der Waals surface area contributed by atoms with E-state index in [1.54, 1.807) is 6.92 Å². The highest BCUT2D eigenvalue weighted by atomic mass is 79.9. The lowest BCUT2D eigenvalue weighted by Gasteiger charge is -2.07. The number of carbonyl (C=O) groups is 1. The Morgan fingerprint density at radius 1 is 1.14 bits per heavy atom. The molecule has 3 nitrogen and oxygen atoms in total. The Labute approximate surface area is 139 Å². The van der Waals surface area contributed by atoms with Crippen LogP contribution in [0.2, 0.25) is 0 Å².